The van der Waals surface area contributed by atoms with Gasteiger partial charge in [0.15, 0.2) is 0 Å². The lowest BCUT2D eigenvalue weighted by Gasteiger charge is -2.35. The van der Waals surface area contributed by atoms with E-state index in [0.29, 0.717) is 30.9 Å². The van der Waals surface area contributed by atoms with Crippen molar-refractivity contribution in [3.05, 3.63) is 69.3 Å². The smallest absolute Gasteiger partial charge is 0.293 e. The number of nitrogens with one attached hydrogen (secondary N) is 1. The molecule has 4 rings (SSSR count). The Morgan fingerprint density at radius 2 is 2.04 bits per heavy atom. The zero-order valence-electron chi connectivity index (χ0n) is 15.8. The molecular formula is C21H23N3O4. The molecule has 7 nitrogen and oxygen atoms in total. The maximum Gasteiger partial charge on any atom is 0.293 e. The van der Waals surface area contributed by atoms with Crippen molar-refractivity contribution in [1.82, 2.24) is 5.32 Å². The molecule has 0 radical (unpaired) electrons. The minimum Gasteiger partial charge on any atom is -0.370 e. The van der Waals surface area contributed by atoms with E-state index in [0.717, 1.165) is 24.0 Å². The minimum atomic E-state index is -0.415. The monoisotopic (exact) mass is 381 g/mol. The topological polar surface area (TPSA) is 84.7 Å². The lowest BCUT2D eigenvalue weighted by Crippen LogP contribution is -2.39. The van der Waals surface area contributed by atoms with Crippen molar-refractivity contribution in [2.45, 2.75) is 31.9 Å². The number of nitro benzene ring substituents is 1. The summed E-state index contributed by atoms with van der Waals surface area (Å²) in [6.07, 6.45) is 1.80. The number of anilines is 1. The number of carbonyl (C=O) groups is 1. The average Bonchev–Trinajstić information content (AvgIpc) is 3.52. The Morgan fingerprint density at radius 3 is 2.75 bits per heavy atom. The Balaban J connectivity index is 1.59. The predicted molar refractivity (Wildman–Crippen MR) is 106 cm³/mol. The molecule has 2 fully saturated rings. The third-order valence-electron chi connectivity index (χ3n) is 5.29. The van der Waals surface area contributed by atoms with Crippen LogP contribution in [0.15, 0.2) is 42.5 Å². The zero-order chi connectivity index (χ0) is 19.7. The van der Waals surface area contributed by atoms with Crippen LogP contribution in [0.2, 0.25) is 0 Å². The van der Waals surface area contributed by atoms with Gasteiger partial charge >= 0.3 is 0 Å². The summed E-state index contributed by atoms with van der Waals surface area (Å²) in [6.45, 7) is 3.61. The molecule has 1 atom stereocenters. The highest BCUT2D eigenvalue weighted by Crippen LogP contribution is 2.34. The van der Waals surface area contributed by atoms with Crippen molar-refractivity contribution >= 4 is 17.3 Å². The van der Waals surface area contributed by atoms with Crippen LogP contribution in [-0.4, -0.2) is 36.6 Å². The molecule has 2 aliphatic rings. The molecule has 1 heterocycles. The molecule has 1 amide bonds. The second-order valence-corrected chi connectivity index (χ2v) is 7.37. The Hall–Kier alpha value is -2.93. The number of aryl methyl sites for hydroxylation is 1. The molecule has 1 aliphatic carbocycles. The van der Waals surface area contributed by atoms with Crippen molar-refractivity contribution in [3.63, 3.8) is 0 Å². The van der Waals surface area contributed by atoms with Gasteiger partial charge in [-0.1, -0.05) is 24.3 Å². The number of morpholine rings is 1. The zero-order valence-corrected chi connectivity index (χ0v) is 15.8. The molecule has 0 aromatic heterocycles. The van der Waals surface area contributed by atoms with Crippen molar-refractivity contribution in [1.29, 1.82) is 0 Å². The number of hydrogen-bond donors (Lipinski definition) is 1. The third-order valence-corrected chi connectivity index (χ3v) is 5.29. The van der Waals surface area contributed by atoms with Crippen molar-refractivity contribution in [2.75, 3.05) is 24.6 Å². The molecule has 28 heavy (non-hydrogen) atoms. The molecular weight excluding hydrogens is 358 g/mol. The maximum atomic E-state index is 12.3. The number of nitro groups is 1. The van der Waals surface area contributed by atoms with Gasteiger partial charge in [-0.25, -0.2) is 0 Å². The number of carbonyl (C=O) groups excluding carboxylic acids is 1. The molecule has 2 aromatic rings. The highest BCUT2D eigenvalue weighted by molar-refractivity contribution is 5.96. The second kappa shape index (κ2) is 7.59. The highest BCUT2D eigenvalue weighted by atomic mass is 16.6. The number of hydrogen-bond acceptors (Lipinski definition) is 5. The van der Waals surface area contributed by atoms with Crippen LogP contribution in [-0.2, 0) is 4.74 Å². The van der Waals surface area contributed by atoms with Crippen molar-refractivity contribution < 1.29 is 14.5 Å². The Morgan fingerprint density at radius 1 is 1.25 bits per heavy atom. The highest BCUT2D eigenvalue weighted by Gasteiger charge is 2.29. The number of rotatable bonds is 5. The predicted octanol–water partition coefficient (Wildman–Crippen LogP) is 3.37. The van der Waals surface area contributed by atoms with Crippen LogP contribution in [0.5, 0.6) is 0 Å². The van der Waals surface area contributed by atoms with Gasteiger partial charge in [-0.2, -0.15) is 0 Å². The van der Waals surface area contributed by atoms with Gasteiger partial charge in [0.1, 0.15) is 11.8 Å². The van der Waals surface area contributed by atoms with E-state index in [2.05, 4.69) is 5.32 Å². The van der Waals surface area contributed by atoms with Gasteiger partial charge in [0.05, 0.1) is 11.5 Å². The van der Waals surface area contributed by atoms with Crippen LogP contribution in [0.1, 0.15) is 40.4 Å². The molecule has 146 valence electrons. The summed E-state index contributed by atoms with van der Waals surface area (Å²) >= 11 is 0. The van der Waals surface area contributed by atoms with E-state index in [4.69, 9.17) is 4.74 Å². The van der Waals surface area contributed by atoms with Crippen LogP contribution in [0.3, 0.4) is 0 Å². The lowest BCUT2D eigenvalue weighted by molar-refractivity contribution is -0.384. The second-order valence-electron chi connectivity index (χ2n) is 7.37. The number of benzene rings is 2. The molecule has 7 heteroatoms. The lowest BCUT2D eigenvalue weighted by atomic mass is 10.0. The summed E-state index contributed by atoms with van der Waals surface area (Å²) < 4.78 is 5.93. The molecule has 0 spiro atoms. The first kappa shape index (κ1) is 18.4. The van der Waals surface area contributed by atoms with Gasteiger partial charge in [0.2, 0.25) is 0 Å². The summed E-state index contributed by atoms with van der Waals surface area (Å²) in [5, 5.41) is 14.6. The van der Waals surface area contributed by atoms with E-state index in [1.54, 1.807) is 12.1 Å². The number of amides is 1. The van der Waals surface area contributed by atoms with E-state index in [1.807, 2.05) is 36.1 Å². The first-order chi connectivity index (χ1) is 13.5. The van der Waals surface area contributed by atoms with Crippen LogP contribution in [0.4, 0.5) is 11.4 Å². The van der Waals surface area contributed by atoms with E-state index in [9.17, 15) is 14.9 Å². The fraction of sp³-hybridized carbons (Fsp3) is 0.381. The van der Waals surface area contributed by atoms with Crippen LogP contribution in [0.25, 0.3) is 0 Å². The fourth-order valence-electron chi connectivity index (χ4n) is 3.58. The quantitative estimate of drug-likeness (QED) is 0.634. The van der Waals surface area contributed by atoms with Gasteiger partial charge < -0.3 is 15.0 Å². The normalized spacial score (nSPS) is 19.3. The SMILES string of the molecule is Cc1ccccc1C1CN(c2ccc(C(=O)NC3CC3)cc2[N+](=O)[O-])CCO1. The number of nitrogens with zero attached hydrogens (tertiary/aromatic N) is 2. The number of ether oxygens (including phenoxy) is 1. The van der Waals surface area contributed by atoms with Gasteiger partial charge in [-0.15, -0.1) is 0 Å². The summed E-state index contributed by atoms with van der Waals surface area (Å²) in [5.74, 6) is -0.253. The van der Waals surface area contributed by atoms with Gasteiger partial charge in [-0.05, 0) is 43.0 Å². The first-order valence-electron chi connectivity index (χ1n) is 9.54. The molecule has 1 saturated carbocycles. The minimum absolute atomic E-state index is 0.0473. The standard InChI is InChI=1S/C21H23N3O4/c1-14-4-2-3-5-17(14)20-13-23(10-11-28-20)18-9-6-15(12-19(18)24(26)27)21(25)22-16-7-8-16/h2-6,9,12,16,20H,7-8,10-11,13H2,1H3,(H,22,25). The molecule has 1 unspecified atom stereocenters. The van der Waals surface area contributed by atoms with Crippen LogP contribution in [0, 0.1) is 17.0 Å². The van der Waals surface area contributed by atoms with Gasteiger partial charge in [0, 0.05) is 30.8 Å². The Kier molecular flexibility index (Phi) is 5.00. The Labute approximate surface area is 163 Å². The van der Waals surface area contributed by atoms with E-state index >= 15 is 0 Å². The van der Waals surface area contributed by atoms with Gasteiger partial charge in [0.25, 0.3) is 11.6 Å². The molecule has 2 aromatic carbocycles. The van der Waals surface area contributed by atoms with Crippen molar-refractivity contribution in [3.8, 4) is 0 Å². The Bertz CT molecular complexity index is 910. The van der Waals surface area contributed by atoms with E-state index in [-0.39, 0.29) is 23.7 Å². The third kappa shape index (κ3) is 3.84. The van der Waals surface area contributed by atoms with Crippen LogP contribution >= 0.6 is 0 Å². The maximum absolute atomic E-state index is 12.3. The summed E-state index contributed by atoms with van der Waals surface area (Å²) in [5.41, 5.74) is 3.03. The first-order valence-corrected chi connectivity index (χ1v) is 9.54. The summed E-state index contributed by atoms with van der Waals surface area (Å²) in [6, 6.07) is 13.0. The van der Waals surface area contributed by atoms with Crippen LogP contribution < -0.4 is 10.2 Å². The molecule has 1 N–H and O–H groups in total. The summed E-state index contributed by atoms with van der Waals surface area (Å²) in [7, 11) is 0. The molecule has 1 saturated heterocycles. The summed E-state index contributed by atoms with van der Waals surface area (Å²) in [4.78, 5) is 25.5. The van der Waals surface area contributed by atoms with Gasteiger partial charge in [-0.3, -0.25) is 14.9 Å². The molecule has 0 bridgehead atoms. The largest absolute Gasteiger partial charge is 0.370 e. The fourth-order valence-corrected chi connectivity index (χ4v) is 3.58. The average molecular weight is 381 g/mol. The molecule has 1 aliphatic heterocycles. The van der Waals surface area contributed by atoms with E-state index < -0.39 is 4.92 Å². The van der Waals surface area contributed by atoms with Crippen molar-refractivity contribution in [2.24, 2.45) is 0 Å². The van der Waals surface area contributed by atoms with E-state index in [1.165, 1.54) is 6.07 Å².